The van der Waals surface area contributed by atoms with Gasteiger partial charge in [0, 0.05) is 24.6 Å². The number of halogens is 1. The average Bonchev–Trinajstić information content (AvgIpc) is 2.99. The molecule has 4 rings (SSSR count). The van der Waals surface area contributed by atoms with Crippen LogP contribution in [0.3, 0.4) is 0 Å². The summed E-state index contributed by atoms with van der Waals surface area (Å²) in [6.45, 7) is 3.36. The monoisotopic (exact) mass is 607 g/mol. The van der Waals surface area contributed by atoms with Crippen LogP contribution in [0.25, 0.3) is 0 Å². The molecular weight excluding hydrogens is 565 g/mol. The zero-order valence-electron chi connectivity index (χ0n) is 25.2. The first-order chi connectivity index (χ1) is 20.5. The molecule has 0 bridgehead atoms. The predicted octanol–water partition coefficient (Wildman–Crippen LogP) is 5.80. The van der Waals surface area contributed by atoms with Crippen LogP contribution in [0.15, 0.2) is 78.9 Å². The van der Waals surface area contributed by atoms with Crippen molar-refractivity contribution in [3.8, 4) is 0 Å². The summed E-state index contributed by atoms with van der Waals surface area (Å²) >= 11 is 0. The Morgan fingerprint density at radius 1 is 0.907 bits per heavy atom. The number of hydrogen-bond donors (Lipinski definition) is 1. The Kier molecular flexibility index (Phi) is 11.0. The Hall–Kier alpha value is -3.72. The van der Waals surface area contributed by atoms with Crippen molar-refractivity contribution in [3.63, 3.8) is 0 Å². The minimum Gasteiger partial charge on any atom is -0.352 e. The van der Waals surface area contributed by atoms with E-state index in [4.69, 9.17) is 0 Å². The van der Waals surface area contributed by atoms with E-state index in [-0.39, 0.29) is 36.4 Å². The van der Waals surface area contributed by atoms with E-state index in [9.17, 15) is 22.4 Å². The van der Waals surface area contributed by atoms with Gasteiger partial charge in [0.05, 0.1) is 11.9 Å². The van der Waals surface area contributed by atoms with Crippen LogP contribution < -0.4 is 9.62 Å². The molecule has 230 valence electrons. The van der Waals surface area contributed by atoms with Crippen LogP contribution in [-0.4, -0.2) is 50.0 Å². The zero-order chi connectivity index (χ0) is 31.0. The van der Waals surface area contributed by atoms with Gasteiger partial charge in [0.2, 0.25) is 21.8 Å². The van der Waals surface area contributed by atoms with Crippen LogP contribution in [-0.2, 0) is 32.6 Å². The van der Waals surface area contributed by atoms with Crippen molar-refractivity contribution in [2.75, 3.05) is 17.1 Å². The van der Waals surface area contributed by atoms with Gasteiger partial charge < -0.3 is 10.2 Å². The van der Waals surface area contributed by atoms with Gasteiger partial charge in [-0.25, -0.2) is 12.8 Å². The molecule has 0 unspecified atom stereocenters. The lowest BCUT2D eigenvalue weighted by Gasteiger charge is -2.35. The van der Waals surface area contributed by atoms with Crippen molar-refractivity contribution in [2.24, 2.45) is 0 Å². The molecule has 0 aliphatic heterocycles. The van der Waals surface area contributed by atoms with E-state index in [2.05, 4.69) is 5.32 Å². The fraction of sp³-hybridized carbons (Fsp3) is 0.412. The molecule has 0 saturated heterocycles. The number of nitrogens with zero attached hydrogens (tertiary/aromatic N) is 2. The van der Waals surface area contributed by atoms with E-state index in [0.717, 1.165) is 53.8 Å². The first kappa shape index (κ1) is 32.2. The summed E-state index contributed by atoms with van der Waals surface area (Å²) in [6, 6.07) is 21.5. The quantitative estimate of drug-likeness (QED) is 0.282. The molecule has 1 N–H and O–H groups in total. The molecule has 0 radical (unpaired) electrons. The summed E-state index contributed by atoms with van der Waals surface area (Å²) in [6.07, 6.45) is 6.13. The van der Waals surface area contributed by atoms with E-state index < -0.39 is 34.3 Å². The standard InChI is InChI=1S/C34H42FN3O4S/c1-25(2)27-18-20-30(21-19-27)38(43(3,41)42)24-33(39)37(23-28-14-10-11-17-31(28)35)32(22-26-12-6-4-7-13-26)34(40)36-29-15-8-5-9-16-29/h4,6-7,10-14,17-21,25,29,32H,5,8-9,15-16,22-24H2,1-3H3,(H,36,40)/t32-/m1/s1. The molecular formula is C34H42FN3O4S. The van der Waals surface area contributed by atoms with Crippen LogP contribution in [0.4, 0.5) is 10.1 Å². The molecule has 1 fully saturated rings. The topological polar surface area (TPSA) is 86.8 Å². The largest absolute Gasteiger partial charge is 0.352 e. The van der Waals surface area contributed by atoms with Gasteiger partial charge in [-0.3, -0.25) is 13.9 Å². The van der Waals surface area contributed by atoms with Crippen molar-refractivity contribution in [1.82, 2.24) is 10.2 Å². The summed E-state index contributed by atoms with van der Waals surface area (Å²) in [7, 11) is -3.88. The predicted molar refractivity (Wildman–Crippen MR) is 169 cm³/mol. The van der Waals surface area contributed by atoms with Crippen molar-refractivity contribution in [3.05, 3.63) is 101 Å². The first-order valence-electron chi connectivity index (χ1n) is 15.0. The van der Waals surface area contributed by atoms with Gasteiger partial charge in [0.25, 0.3) is 0 Å². The smallest absolute Gasteiger partial charge is 0.244 e. The molecule has 1 aliphatic carbocycles. The molecule has 1 atom stereocenters. The van der Waals surface area contributed by atoms with Crippen molar-refractivity contribution >= 4 is 27.5 Å². The molecule has 3 aromatic carbocycles. The lowest BCUT2D eigenvalue weighted by molar-refractivity contribution is -0.140. The first-order valence-corrected chi connectivity index (χ1v) is 16.8. The number of carbonyl (C=O) groups is 2. The number of sulfonamides is 1. The van der Waals surface area contributed by atoms with Gasteiger partial charge in [-0.15, -0.1) is 0 Å². The van der Waals surface area contributed by atoms with E-state index in [0.29, 0.717) is 5.69 Å². The summed E-state index contributed by atoms with van der Waals surface area (Å²) in [5, 5.41) is 3.15. The van der Waals surface area contributed by atoms with E-state index >= 15 is 0 Å². The number of amides is 2. The van der Waals surface area contributed by atoms with Gasteiger partial charge in [-0.1, -0.05) is 93.8 Å². The Labute approximate surface area is 255 Å². The van der Waals surface area contributed by atoms with Crippen LogP contribution in [0.2, 0.25) is 0 Å². The van der Waals surface area contributed by atoms with Gasteiger partial charge in [0.1, 0.15) is 18.4 Å². The van der Waals surface area contributed by atoms with Crippen LogP contribution >= 0.6 is 0 Å². The molecule has 3 aromatic rings. The molecule has 0 heterocycles. The second kappa shape index (κ2) is 14.6. The number of anilines is 1. The summed E-state index contributed by atoms with van der Waals surface area (Å²) in [5.41, 5.74) is 2.46. The van der Waals surface area contributed by atoms with E-state index in [1.807, 2.05) is 56.3 Å². The molecule has 43 heavy (non-hydrogen) atoms. The Morgan fingerprint density at radius 2 is 1.53 bits per heavy atom. The number of carbonyl (C=O) groups excluding carboxylic acids is 2. The number of rotatable bonds is 12. The molecule has 9 heteroatoms. The second-order valence-electron chi connectivity index (χ2n) is 11.7. The normalized spacial score (nSPS) is 14.7. The third-order valence-electron chi connectivity index (χ3n) is 8.05. The zero-order valence-corrected chi connectivity index (χ0v) is 26.0. The third kappa shape index (κ3) is 8.89. The summed E-state index contributed by atoms with van der Waals surface area (Å²) < 4.78 is 42.0. The molecule has 2 amide bonds. The maximum atomic E-state index is 15.0. The third-order valence-corrected chi connectivity index (χ3v) is 9.19. The summed E-state index contributed by atoms with van der Waals surface area (Å²) in [4.78, 5) is 29.5. The Morgan fingerprint density at radius 3 is 2.14 bits per heavy atom. The van der Waals surface area contributed by atoms with Crippen molar-refractivity contribution in [1.29, 1.82) is 0 Å². The maximum Gasteiger partial charge on any atom is 0.244 e. The highest BCUT2D eigenvalue weighted by Crippen LogP contribution is 2.24. The van der Waals surface area contributed by atoms with Gasteiger partial charge in [-0.2, -0.15) is 0 Å². The van der Waals surface area contributed by atoms with Gasteiger partial charge in [0.15, 0.2) is 0 Å². The Bertz CT molecular complexity index is 1470. The minimum atomic E-state index is -3.88. The number of benzene rings is 3. The second-order valence-corrected chi connectivity index (χ2v) is 13.6. The molecule has 7 nitrogen and oxygen atoms in total. The van der Waals surface area contributed by atoms with E-state index in [1.165, 1.54) is 11.0 Å². The highest BCUT2D eigenvalue weighted by molar-refractivity contribution is 7.92. The van der Waals surface area contributed by atoms with Crippen LogP contribution in [0.1, 0.15) is 68.6 Å². The maximum absolute atomic E-state index is 15.0. The number of nitrogens with one attached hydrogen (secondary N) is 1. The highest BCUT2D eigenvalue weighted by Gasteiger charge is 2.34. The molecule has 0 aromatic heterocycles. The summed E-state index contributed by atoms with van der Waals surface area (Å²) in [5.74, 6) is -1.18. The van der Waals surface area contributed by atoms with Crippen molar-refractivity contribution in [2.45, 2.75) is 76.9 Å². The van der Waals surface area contributed by atoms with E-state index in [1.54, 1.807) is 30.3 Å². The SMILES string of the molecule is CC(C)c1ccc(N(CC(=O)N(Cc2ccccc2F)[C@H](Cc2ccccc2)C(=O)NC2CCCCC2)S(C)(=O)=O)cc1. The van der Waals surface area contributed by atoms with Gasteiger partial charge in [-0.05, 0) is 48.1 Å². The average molecular weight is 608 g/mol. The van der Waals surface area contributed by atoms with Crippen LogP contribution in [0.5, 0.6) is 0 Å². The lowest BCUT2D eigenvalue weighted by atomic mass is 9.94. The Balaban J connectivity index is 1.72. The highest BCUT2D eigenvalue weighted by atomic mass is 32.2. The minimum absolute atomic E-state index is 0.00285. The molecule has 0 spiro atoms. The van der Waals surface area contributed by atoms with Crippen LogP contribution in [0, 0.1) is 5.82 Å². The number of hydrogen-bond acceptors (Lipinski definition) is 4. The fourth-order valence-corrected chi connectivity index (χ4v) is 6.40. The van der Waals surface area contributed by atoms with Crippen molar-refractivity contribution < 1.29 is 22.4 Å². The lowest BCUT2D eigenvalue weighted by Crippen LogP contribution is -2.55. The fourth-order valence-electron chi connectivity index (χ4n) is 5.55. The molecule has 1 aliphatic rings. The molecule has 1 saturated carbocycles. The van der Waals surface area contributed by atoms with Gasteiger partial charge >= 0.3 is 0 Å².